The number of benzene rings is 2. The van der Waals surface area contributed by atoms with E-state index in [2.05, 4.69) is 41.8 Å². The predicted molar refractivity (Wildman–Crippen MR) is 96.3 cm³/mol. The first-order valence-corrected chi connectivity index (χ1v) is 8.53. The van der Waals surface area contributed by atoms with Gasteiger partial charge < -0.3 is 15.4 Å². The number of ether oxygens (including phenoxy) is 1. The highest BCUT2D eigenvalue weighted by atomic mass is 16.5. The summed E-state index contributed by atoms with van der Waals surface area (Å²) < 4.78 is 5.47. The second-order valence-corrected chi connectivity index (χ2v) is 6.14. The van der Waals surface area contributed by atoms with Gasteiger partial charge in [-0.1, -0.05) is 24.3 Å². The molecule has 0 aliphatic carbocycles. The molecule has 2 aromatic carbocycles. The number of amides is 1. The van der Waals surface area contributed by atoms with E-state index in [0.29, 0.717) is 13.0 Å². The van der Waals surface area contributed by atoms with Crippen LogP contribution in [-0.2, 0) is 17.8 Å². The molecule has 1 aliphatic rings. The summed E-state index contributed by atoms with van der Waals surface area (Å²) in [6.45, 7) is 5.65. The zero-order chi connectivity index (χ0) is 16.9. The molecule has 0 spiro atoms. The summed E-state index contributed by atoms with van der Waals surface area (Å²) in [5.41, 5.74) is 4.65. The second kappa shape index (κ2) is 7.49. The summed E-state index contributed by atoms with van der Waals surface area (Å²) >= 11 is 0. The summed E-state index contributed by atoms with van der Waals surface area (Å²) in [5.74, 6) is 1.02. The zero-order valence-corrected chi connectivity index (χ0v) is 14.3. The Bertz CT molecular complexity index is 710. The van der Waals surface area contributed by atoms with Gasteiger partial charge in [0, 0.05) is 24.7 Å². The fraction of sp³-hybridized carbons (Fsp3) is 0.350. The van der Waals surface area contributed by atoms with E-state index in [1.807, 2.05) is 25.1 Å². The maximum absolute atomic E-state index is 11.4. The third-order valence-corrected chi connectivity index (χ3v) is 4.37. The summed E-state index contributed by atoms with van der Waals surface area (Å²) in [4.78, 5) is 11.4. The molecule has 0 fully saturated rings. The van der Waals surface area contributed by atoms with Crippen molar-refractivity contribution in [3.8, 4) is 5.75 Å². The van der Waals surface area contributed by atoms with Gasteiger partial charge in [0.25, 0.3) is 0 Å². The number of carbonyl (C=O) groups is 1. The van der Waals surface area contributed by atoms with Gasteiger partial charge in [0.15, 0.2) is 0 Å². The third-order valence-electron chi connectivity index (χ3n) is 4.37. The Hall–Kier alpha value is -2.33. The number of fused-ring (bicyclic) bond motifs is 1. The normalized spacial score (nSPS) is 14.7. The number of rotatable bonds is 6. The van der Waals surface area contributed by atoms with E-state index in [4.69, 9.17) is 4.74 Å². The molecule has 4 heteroatoms. The molecular weight excluding hydrogens is 300 g/mol. The lowest BCUT2D eigenvalue weighted by Gasteiger charge is -2.20. The average Bonchev–Trinajstić information content (AvgIpc) is 2.60. The fourth-order valence-electron chi connectivity index (χ4n) is 2.93. The first kappa shape index (κ1) is 16.5. The molecule has 2 aromatic rings. The largest absolute Gasteiger partial charge is 0.494 e. The molecule has 1 amide bonds. The smallest absolute Gasteiger partial charge is 0.224 e. The Morgan fingerprint density at radius 1 is 1.17 bits per heavy atom. The van der Waals surface area contributed by atoms with Gasteiger partial charge in [0.1, 0.15) is 5.75 Å². The Kier molecular flexibility index (Phi) is 5.16. The van der Waals surface area contributed by atoms with Gasteiger partial charge in [0.2, 0.25) is 5.91 Å². The predicted octanol–water partition coefficient (Wildman–Crippen LogP) is 3.82. The Labute approximate surface area is 143 Å². The molecule has 0 aromatic heterocycles. The quantitative estimate of drug-likeness (QED) is 0.849. The van der Waals surface area contributed by atoms with Crippen LogP contribution in [0.1, 0.15) is 43.0 Å². The molecule has 3 rings (SSSR count). The number of hydrogen-bond acceptors (Lipinski definition) is 3. The van der Waals surface area contributed by atoms with Crippen molar-refractivity contribution in [2.45, 2.75) is 39.3 Å². The van der Waals surface area contributed by atoms with Crippen LogP contribution < -0.4 is 15.4 Å². The lowest BCUT2D eigenvalue weighted by atomic mass is 9.97. The lowest BCUT2D eigenvalue weighted by Crippen LogP contribution is -2.21. The van der Waals surface area contributed by atoms with E-state index in [1.54, 1.807) is 0 Å². The summed E-state index contributed by atoms with van der Waals surface area (Å²) in [6.07, 6.45) is 1.39. The van der Waals surface area contributed by atoms with Crippen molar-refractivity contribution in [2.24, 2.45) is 0 Å². The molecule has 0 bridgehead atoms. The molecule has 1 atom stereocenters. The van der Waals surface area contributed by atoms with Crippen molar-refractivity contribution in [3.63, 3.8) is 0 Å². The molecule has 0 unspecified atom stereocenters. The zero-order valence-electron chi connectivity index (χ0n) is 14.3. The average molecular weight is 324 g/mol. The summed E-state index contributed by atoms with van der Waals surface area (Å²) in [7, 11) is 0. The second-order valence-electron chi connectivity index (χ2n) is 6.14. The van der Waals surface area contributed by atoms with Crippen LogP contribution in [0, 0.1) is 0 Å². The minimum absolute atomic E-state index is 0.108. The molecule has 0 radical (unpaired) electrons. The van der Waals surface area contributed by atoms with Crippen LogP contribution in [0.2, 0.25) is 0 Å². The topological polar surface area (TPSA) is 50.4 Å². The maximum Gasteiger partial charge on any atom is 0.224 e. The molecule has 1 aliphatic heterocycles. The van der Waals surface area contributed by atoms with Crippen molar-refractivity contribution in [1.82, 2.24) is 5.32 Å². The van der Waals surface area contributed by atoms with Gasteiger partial charge in [0.05, 0.1) is 6.61 Å². The number of nitrogens with one attached hydrogen (secondary N) is 2. The van der Waals surface area contributed by atoms with Gasteiger partial charge in [-0.2, -0.15) is 0 Å². The van der Waals surface area contributed by atoms with Crippen LogP contribution >= 0.6 is 0 Å². The summed E-state index contributed by atoms with van der Waals surface area (Å²) in [5, 5.41) is 6.48. The van der Waals surface area contributed by atoms with E-state index in [-0.39, 0.29) is 11.9 Å². The van der Waals surface area contributed by atoms with Crippen LogP contribution in [0.4, 0.5) is 5.69 Å². The first-order chi connectivity index (χ1) is 11.7. The molecule has 2 N–H and O–H groups in total. The van der Waals surface area contributed by atoms with Crippen LogP contribution in [0.15, 0.2) is 42.5 Å². The van der Waals surface area contributed by atoms with Gasteiger partial charge in [-0.3, -0.25) is 4.79 Å². The Balaban J connectivity index is 1.60. The molecule has 1 heterocycles. The van der Waals surface area contributed by atoms with E-state index in [0.717, 1.165) is 24.4 Å². The summed E-state index contributed by atoms with van der Waals surface area (Å²) in [6, 6.07) is 14.7. The van der Waals surface area contributed by atoms with Crippen LogP contribution in [-0.4, -0.2) is 12.5 Å². The van der Waals surface area contributed by atoms with Crippen molar-refractivity contribution in [1.29, 1.82) is 0 Å². The SMILES string of the molecule is CCOc1ccc(CN[C@H](C)c2ccc3c(c2)CCC(=O)N3)cc1. The number of aryl methyl sites for hydroxylation is 1. The Morgan fingerprint density at radius 3 is 2.71 bits per heavy atom. The van der Waals surface area contributed by atoms with Crippen molar-refractivity contribution >= 4 is 11.6 Å². The van der Waals surface area contributed by atoms with Gasteiger partial charge in [-0.15, -0.1) is 0 Å². The number of carbonyl (C=O) groups excluding carboxylic acids is 1. The highest BCUT2D eigenvalue weighted by Gasteiger charge is 2.16. The highest BCUT2D eigenvalue weighted by Crippen LogP contribution is 2.26. The van der Waals surface area contributed by atoms with E-state index in [9.17, 15) is 4.79 Å². The van der Waals surface area contributed by atoms with Crippen molar-refractivity contribution in [2.75, 3.05) is 11.9 Å². The number of hydrogen-bond donors (Lipinski definition) is 2. The molecule has 4 nitrogen and oxygen atoms in total. The highest BCUT2D eigenvalue weighted by molar-refractivity contribution is 5.93. The number of anilines is 1. The minimum Gasteiger partial charge on any atom is -0.494 e. The van der Waals surface area contributed by atoms with E-state index in [1.165, 1.54) is 16.7 Å². The van der Waals surface area contributed by atoms with Crippen molar-refractivity contribution in [3.05, 3.63) is 59.2 Å². The maximum atomic E-state index is 11.4. The standard InChI is InChI=1S/C20H24N2O2/c1-3-24-18-8-4-15(5-9-18)13-21-14(2)16-6-10-19-17(12-16)7-11-20(23)22-19/h4-6,8-10,12,14,21H,3,7,11,13H2,1-2H3,(H,22,23)/t14-/m1/s1. The van der Waals surface area contributed by atoms with Gasteiger partial charge in [-0.05, 0) is 55.2 Å². The van der Waals surface area contributed by atoms with Crippen LogP contribution in [0.3, 0.4) is 0 Å². The molecule has 0 saturated heterocycles. The van der Waals surface area contributed by atoms with E-state index >= 15 is 0 Å². The first-order valence-electron chi connectivity index (χ1n) is 8.53. The molecule has 24 heavy (non-hydrogen) atoms. The molecular formula is C20H24N2O2. The fourth-order valence-corrected chi connectivity index (χ4v) is 2.93. The van der Waals surface area contributed by atoms with Crippen LogP contribution in [0.25, 0.3) is 0 Å². The van der Waals surface area contributed by atoms with Gasteiger partial charge in [-0.25, -0.2) is 0 Å². The minimum atomic E-state index is 0.108. The third kappa shape index (κ3) is 3.95. The van der Waals surface area contributed by atoms with Crippen molar-refractivity contribution < 1.29 is 9.53 Å². The Morgan fingerprint density at radius 2 is 1.96 bits per heavy atom. The van der Waals surface area contributed by atoms with E-state index < -0.39 is 0 Å². The van der Waals surface area contributed by atoms with Crippen LogP contribution in [0.5, 0.6) is 5.75 Å². The van der Waals surface area contributed by atoms with Gasteiger partial charge >= 0.3 is 0 Å². The lowest BCUT2D eigenvalue weighted by molar-refractivity contribution is -0.116. The molecule has 0 saturated carbocycles. The molecule has 126 valence electrons. The monoisotopic (exact) mass is 324 g/mol.